The van der Waals surface area contributed by atoms with Crippen molar-refractivity contribution in [1.29, 1.82) is 0 Å². The van der Waals surface area contributed by atoms with Crippen molar-refractivity contribution in [2.24, 2.45) is 12.2 Å². The van der Waals surface area contributed by atoms with Crippen molar-refractivity contribution in [3.05, 3.63) is 18.0 Å². The fourth-order valence-electron chi connectivity index (χ4n) is 0.861. The van der Waals surface area contributed by atoms with Crippen molar-refractivity contribution in [3.63, 3.8) is 0 Å². The van der Waals surface area contributed by atoms with Gasteiger partial charge in [0.2, 0.25) is 10.0 Å². The van der Waals surface area contributed by atoms with Crippen LogP contribution in [0.25, 0.3) is 0 Å². The summed E-state index contributed by atoms with van der Waals surface area (Å²) in [6.45, 7) is 0. The Bertz CT molecular complexity index is 355. The molecule has 5 nitrogen and oxygen atoms in total. The van der Waals surface area contributed by atoms with E-state index in [1.54, 1.807) is 24.1 Å². The van der Waals surface area contributed by atoms with Crippen LogP contribution in [0.4, 0.5) is 0 Å². The second-order valence-corrected chi connectivity index (χ2v) is 4.37. The number of aromatic nitrogens is 2. The summed E-state index contributed by atoms with van der Waals surface area (Å²) in [5.41, 5.74) is 0.881. The zero-order chi connectivity index (χ0) is 9.19. The molecule has 1 aromatic heterocycles. The van der Waals surface area contributed by atoms with Gasteiger partial charge in [0.25, 0.3) is 0 Å². The van der Waals surface area contributed by atoms with Gasteiger partial charge in [-0.3, -0.25) is 4.68 Å². The third-order valence-electron chi connectivity index (χ3n) is 1.43. The summed E-state index contributed by atoms with van der Waals surface area (Å²) in [6, 6.07) is 0. The van der Waals surface area contributed by atoms with Gasteiger partial charge in [-0.05, 0) is 12.0 Å². The first-order chi connectivity index (χ1) is 5.47. The monoisotopic (exact) mass is 189 g/mol. The molecule has 0 bridgehead atoms. The van der Waals surface area contributed by atoms with Crippen LogP contribution >= 0.6 is 0 Å². The van der Waals surface area contributed by atoms with Gasteiger partial charge in [0.15, 0.2) is 0 Å². The van der Waals surface area contributed by atoms with Crippen LogP contribution in [0, 0.1) is 0 Å². The molecule has 1 heterocycles. The van der Waals surface area contributed by atoms with Crippen molar-refractivity contribution in [2.75, 3.05) is 5.75 Å². The Labute approximate surface area is 71.2 Å². The molecular weight excluding hydrogens is 178 g/mol. The van der Waals surface area contributed by atoms with Crippen LogP contribution in [-0.4, -0.2) is 24.0 Å². The standard InChI is InChI=1S/C6H11N3O2S/c1-9-5-6(4-8-9)2-3-12(7,10)11/h4-5H,2-3H2,1H3,(H2,7,10,11). The van der Waals surface area contributed by atoms with E-state index in [9.17, 15) is 8.42 Å². The molecule has 0 atom stereocenters. The van der Waals surface area contributed by atoms with E-state index in [4.69, 9.17) is 5.14 Å². The fourth-order valence-corrected chi connectivity index (χ4v) is 1.38. The maximum atomic E-state index is 10.6. The Morgan fingerprint density at radius 1 is 1.67 bits per heavy atom. The number of rotatable bonds is 3. The first kappa shape index (κ1) is 9.21. The third kappa shape index (κ3) is 3.02. The minimum absolute atomic E-state index is 0.0291. The number of hydrogen-bond acceptors (Lipinski definition) is 3. The molecule has 0 aromatic carbocycles. The molecule has 0 aliphatic heterocycles. The van der Waals surface area contributed by atoms with Crippen molar-refractivity contribution >= 4 is 10.0 Å². The minimum atomic E-state index is -3.35. The summed E-state index contributed by atoms with van der Waals surface area (Å²) in [4.78, 5) is 0. The lowest BCUT2D eigenvalue weighted by atomic mass is 10.3. The zero-order valence-corrected chi connectivity index (χ0v) is 7.58. The Hall–Kier alpha value is -0.880. The van der Waals surface area contributed by atoms with E-state index >= 15 is 0 Å². The predicted molar refractivity (Wildman–Crippen MR) is 44.9 cm³/mol. The molecule has 2 N–H and O–H groups in total. The van der Waals surface area contributed by atoms with E-state index < -0.39 is 10.0 Å². The van der Waals surface area contributed by atoms with E-state index in [2.05, 4.69) is 5.10 Å². The second-order valence-electron chi connectivity index (χ2n) is 2.64. The van der Waals surface area contributed by atoms with Gasteiger partial charge in [-0.2, -0.15) is 5.10 Å². The predicted octanol–water partition coefficient (Wildman–Crippen LogP) is -0.749. The van der Waals surface area contributed by atoms with E-state index in [0.29, 0.717) is 6.42 Å². The van der Waals surface area contributed by atoms with E-state index in [-0.39, 0.29) is 5.75 Å². The summed E-state index contributed by atoms with van der Waals surface area (Å²) >= 11 is 0. The van der Waals surface area contributed by atoms with E-state index in [1.165, 1.54) is 0 Å². The van der Waals surface area contributed by atoms with Gasteiger partial charge < -0.3 is 0 Å². The molecule has 1 rings (SSSR count). The van der Waals surface area contributed by atoms with E-state index in [0.717, 1.165) is 5.56 Å². The van der Waals surface area contributed by atoms with Crippen LogP contribution in [0.2, 0.25) is 0 Å². The van der Waals surface area contributed by atoms with Crippen LogP contribution in [-0.2, 0) is 23.5 Å². The molecule has 0 saturated heterocycles. The molecule has 12 heavy (non-hydrogen) atoms. The van der Waals surface area contributed by atoms with Gasteiger partial charge in [-0.25, -0.2) is 13.6 Å². The Balaban J connectivity index is 2.55. The molecule has 0 amide bonds. The lowest BCUT2D eigenvalue weighted by Crippen LogP contribution is -2.17. The molecule has 0 aliphatic carbocycles. The van der Waals surface area contributed by atoms with Crippen LogP contribution < -0.4 is 5.14 Å². The summed E-state index contributed by atoms with van der Waals surface area (Å²) in [5.74, 6) is -0.0291. The van der Waals surface area contributed by atoms with Crippen molar-refractivity contribution < 1.29 is 8.42 Å². The molecule has 0 aliphatic rings. The molecule has 0 fully saturated rings. The number of aryl methyl sites for hydroxylation is 2. The van der Waals surface area contributed by atoms with Crippen molar-refractivity contribution in [3.8, 4) is 0 Å². The van der Waals surface area contributed by atoms with Gasteiger partial charge >= 0.3 is 0 Å². The maximum absolute atomic E-state index is 10.6. The Morgan fingerprint density at radius 2 is 2.33 bits per heavy atom. The highest BCUT2D eigenvalue weighted by molar-refractivity contribution is 7.89. The average Bonchev–Trinajstić information content (AvgIpc) is 2.30. The Kier molecular flexibility index (Phi) is 2.49. The van der Waals surface area contributed by atoms with Gasteiger partial charge in [-0.15, -0.1) is 0 Å². The highest BCUT2D eigenvalue weighted by atomic mass is 32.2. The molecule has 6 heteroatoms. The summed E-state index contributed by atoms with van der Waals surface area (Å²) < 4.78 is 22.7. The SMILES string of the molecule is Cn1cc(CCS(N)(=O)=O)cn1. The summed E-state index contributed by atoms with van der Waals surface area (Å²) in [5, 5.41) is 8.73. The fraction of sp³-hybridized carbons (Fsp3) is 0.500. The van der Waals surface area contributed by atoms with Crippen LogP contribution in [0.15, 0.2) is 12.4 Å². The van der Waals surface area contributed by atoms with Crippen molar-refractivity contribution in [2.45, 2.75) is 6.42 Å². The summed E-state index contributed by atoms with van der Waals surface area (Å²) in [7, 11) is -1.57. The molecule has 0 radical (unpaired) electrons. The smallest absolute Gasteiger partial charge is 0.209 e. The van der Waals surface area contributed by atoms with Crippen LogP contribution in [0.3, 0.4) is 0 Å². The number of sulfonamides is 1. The second kappa shape index (κ2) is 3.24. The highest BCUT2D eigenvalue weighted by Crippen LogP contribution is 1.98. The maximum Gasteiger partial charge on any atom is 0.209 e. The topological polar surface area (TPSA) is 78.0 Å². The number of nitrogens with two attached hydrogens (primary N) is 1. The summed E-state index contributed by atoms with van der Waals surface area (Å²) in [6.07, 6.45) is 3.82. The number of primary sulfonamides is 1. The van der Waals surface area contributed by atoms with Crippen LogP contribution in [0.5, 0.6) is 0 Å². The molecule has 0 saturated carbocycles. The van der Waals surface area contributed by atoms with Gasteiger partial charge in [0.1, 0.15) is 0 Å². The largest absolute Gasteiger partial charge is 0.276 e. The molecular formula is C6H11N3O2S. The molecule has 0 unspecified atom stereocenters. The lowest BCUT2D eigenvalue weighted by molar-refractivity contribution is 0.597. The zero-order valence-electron chi connectivity index (χ0n) is 6.77. The molecule has 1 aromatic rings. The molecule has 68 valence electrons. The van der Waals surface area contributed by atoms with Crippen molar-refractivity contribution in [1.82, 2.24) is 9.78 Å². The lowest BCUT2D eigenvalue weighted by Gasteiger charge is -1.93. The van der Waals surface area contributed by atoms with Gasteiger partial charge in [0, 0.05) is 13.2 Å². The third-order valence-corrected chi connectivity index (χ3v) is 2.21. The minimum Gasteiger partial charge on any atom is -0.276 e. The number of nitrogens with zero attached hydrogens (tertiary/aromatic N) is 2. The van der Waals surface area contributed by atoms with Crippen LogP contribution in [0.1, 0.15) is 5.56 Å². The number of hydrogen-bond donors (Lipinski definition) is 1. The van der Waals surface area contributed by atoms with E-state index in [1.807, 2.05) is 0 Å². The Morgan fingerprint density at radius 3 is 2.75 bits per heavy atom. The normalized spacial score (nSPS) is 11.8. The highest BCUT2D eigenvalue weighted by Gasteiger charge is 2.03. The first-order valence-corrected chi connectivity index (χ1v) is 5.17. The molecule has 0 spiro atoms. The quantitative estimate of drug-likeness (QED) is 0.679. The van der Waals surface area contributed by atoms with Gasteiger partial charge in [0.05, 0.1) is 11.9 Å². The average molecular weight is 189 g/mol. The first-order valence-electron chi connectivity index (χ1n) is 3.45. The van der Waals surface area contributed by atoms with Gasteiger partial charge in [-0.1, -0.05) is 0 Å².